The Hall–Kier alpha value is -3.84. The van der Waals surface area contributed by atoms with Gasteiger partial charge in [0.25, 0.3) is 0 Å². The van der Waals surface area contributed by atoms with Crippen LogP contribution in [0.1, 0.15) is 11.1 Å². The molecule has 1 nitrogen and oxygen atoms in total. The van der Waals surface area contributed by atoms with Crippen molar-refractivity contribution in [2.24, 2.45) is 0 Å². The van der Waals surface area contributed by atoms with E-state index in [-0.39, 0.29) is 0 Å². The fourth-order valence-electron chi connectivity index (χ4n) is 4.87. The van der Waals surface area contributed by atoms with E-state index in [2.05, 4.69) is 116 Å². The Bertz CT molecular complexity index is 1630. The van der Waals surface area contributed by atoms with E-state index in [0.717, 1.165) is 11.4 Å². The van der Waals surface area contributed by atoms with E-state index in [1.165, 1.54) is 54.2 Å². The van der Waals surface area contributed by atoms with Gasteiger partial charge in [0.2, 0.25) is 0 Å². The molecule has 0 fully saturated rings. The second-order valence-corrected chi connectivity index (χ2v) is 8.44. The summed E-state index contributed by atoms with van der Waals surface area (Å²) in [5.41, 5.74) is 4.91. The molecule has 148 valence electrons. The van der Waals surface area contributed by atoms with Gasteiger partial charge in [-0.3, -0.25) is 0 Å². The van der Waals surface area contributed by atoms with Gasteiger partial charge in [0.05, 0.1) is 0 Å². The van der Waals surface area contributed by atoms with Gasteiger partial charge in [-0.25, -0.2) is 0 Å². The number of rotatable bonds is 2. The lowest BCUT2D eigenvalue weighted by atomic mass is 9.93. The molecule has 0 atom stereocenters. The minimum absolute atomic E-state index is 1.11. The summed E-state index contributed by atoms with van der Waals surface area (Å²) in [5.74, 6) is 0. The lowest BCUT2D eigenvalue weighted by molar-refractivity contribution is 1.51. The second kappa shape index (κ2) is 6.85. The lowest BCUT2D eigenvalue weighted by Gasteiger charge is -2.14. The van der Waals surface area contributed by atoms with Crippen molar-refractivity contribution in [2.45, 2.75) is 13.8 Å². The first kappa shape index (κ1) is 18.0. The molecule has 0 heterocycles. The molecular formula is C30H23N. The molecule has 6 rings (SSSR count). The van der Waals surface area contributed by atoms with Crippen molar-refractivity contribution >= 4 is 54.5 Å². The first-order valence-corrected chi connectivity index (χ1v) is 10.8. The van der Waals surface area contributed by atoms with E-state index in [4.69, 9.17) is 0 Å². The van der Waals surface area contributed by atoms with Crippen molar-refractivity contribution in [3.63, 3.8) is 0 Å². The number of fused-ring (bicyclic) bond motifs is 4. The first-order chi connectivity index (χ1) is 15.2. The maximum Gasteiger partial charge on any atom is 0.0390 e. The zero-order chi connectivity index (χ0) is 20.9. The van der Waals surface area contributed by atoms with Crippen LogP contribution in [0.25, 0.3) is 43.1 Å². The van der Waals surface area contributed by atoms with Gasteiger partial charge in [0.15, 0.2) is 0 Å². The van der Waals surface area contributed by atoms with Crippen molar-refractivity contribution in [3.8, 4) is 0 Å². The lowest BCUT2D eigenvalue weighted by Crippen LogP contribution is -1.93. The third-order valence-corrected chi connectivity index (χ3v) is 6.56. The standard InChI is InChI=1S/C30H23N/c1-19-27-9-5-6-10-28(27)20(2)30-18-26(13-14-29(19)30)31-25-12-11-23-15-21-7-3-4-8-22(21)16-24(23)17-25/h3-18,31H,1-2H3. The Morgan fingerprint density at radius 1 is 0.419 bits per heavy atom. The predicted octanol–water partition coefficient (Wildman–Crippen LogP) is 8.66. The maximum absolute atomic E-state index is 3.63. The van der Waals surface area contributed by atoms with E-state index >= 15 is 0 Å². The van der Waals surface area contributed by atoms with Crippen molar-refractivity contribution < 1.29 is 0 Å². The highest BCUT2D eigenvalue weighted by atomic mass is 14.9. The molecule has 0 amide bonds. The van der Waals surface area contributed by atoms with Crippen LogP contribution >= 0.6 is 0 Å². The summed E-state index contributed by atoms with van der Waals surface area (Å²) in [6, 6.07) is 35.1. The van der Waals surface area contributed by atoms with E-state index in [1.54, 1.807) is 0 Å². The Balaban J connectivity index is 1.45. The molecule has 0 bridgehead atoms. The number of hydrogen-bond donors (Lipinski definition) is 1. The van der Waals surface area contributed by atoms with Crippen LogP contribution in [-0.2, 0) is 0 Å². The molecule has 31 heavy (non-hydrogen) atoms. The van der Waals surface area contributed by atoms with Gasteiger partial charge in [-0.15, -0.1) is 0 Å². The molecule has 0 unspecified atom stereocenters. The van der Waals surface area contributed by atoms with Crippen molar-refractivity contribution in [3.05, 3.63) is 108 Å². The van der Waals surface area contributed by atoms with Gasteiger partial charge >= 0.3 is 0 Å². The number of benzene rings is 6. The number of nitrogens with one attached hydrogen (secondary N) is 1. The zero-order valence-electron chi connectivity index (χ0n) is 17.7. The maximum atomic E-state index is 3.63. The number of aryl methyl sites for hydroxylation is 2. The molecule has 6 aromatic carbocycles. The molecular weight excluding hydrogens is 374 g/mol. The minimum Gasteiger partial charge on any atom is -0.355 e. The third kappa shape index (κ3) is 2.93. The molecule has 0 aromatic heterocycles. The van der Waals surface area contributed by atoms with Gasteiger partial charge in [-0.1, -0.05) is 60.7 Å². The number of anilines is 2. The molecule has 0 saturated carbocycles. The molecule has 1 N–H and O–H groups in total. The summed E-state index contributed by atoms with van der Waals surface area (Å²) >= 11 is 0. The van der Waals surface area contributed by atoms with Crippen LogP contribution in [0.4, 0.5) is 11.4 Å². The van der Waals surface area contributed by atoms with Gasteiger partial charge in [0.1, 0.15) is 0 Å². The monoisotopic (exact) mass is 397 g/mol. The highest BCUT2D eigenvalue weighted by molar-refractivity contribution is 6.06. The summed E-state index contributed by atoms with van der Waals surface area (Å²) in [6.45, 7) is 4.46. The quantitative estimate of drug-likeness (QED) is 0.288. The second-order valence-electron chi connectivity index (χ2n) is 8.44. The topological polar surface area (TPSA) is 12.0 Å². The predicted molar refractivity (Wildman–Crippen MR) is 136 cm³/mol. The highest BCUT2D eigenvalue weighted by Gasteiger charge is 2.09. The van der Waals surface area contributed by atoms with Crippen LogP contribution < -0.4 is 5.32 Å². The first-order valence-electron chi connectivity index (χ1n) is 10.8. The van der Waals surface area contributed by atoms with Crippen molar-refractivity contribution in [1.82, 2.24) is 0 Å². The summed E-state index contributed by atoms with van der Waals surface area (Å²) in [4.78, 5) is 0. The van der Waals surface area contributed by atoms with Crippen LogP contribution in [0.5, 0.6) is 0 Å². The SMILES string of the molecule is Cc1c2ccccc2c(C)c2cc(Nc3ccc4cc5ccccc5cc4c3)ccc12. The summed E-state index contributed by atoms with van der Waals surface area (Å²) in [6.07, 6.45) is 0. The molecule has 6 aromatic rings. The van der Waals surface area contributed by atoms with Crippen LogP contribution in [-0.4, -0.2) is 0 Å². The average Bonchev–Trinajstić information content (AvgIpc) is 2.81. The average molecular weight is 398 g/mol. The fraction of sp³-hybridized carbons (Fsp3) is 0.0667. The Labute approximate surface area is 181 Å². The van der Waals surface area contributed by atoms with Crippen molar-refractivity contribution in [2.75, 3.05) is 5.32 Å². The molecule has 0 aliphatic carbocycles. The zero-order valence-corrected chi connectivity index (χ0v) is 17.7. The van der Waals surface area contributed by atoms with Crippen molar-refractivity contribution in [1.29, 1.82) is 0 Å². The van der Waals surface area contributed by atoms with Gasteiger partial charge in [-0.2, -0.15) is 0 Å². The number of hydrogen-bond acceptors (Lipinski definition) is 1. The molecule has 1 heteroatoms. The fourth-order valence-corrected chi connectivity index (χ4v) is 4.87. The molecule has 0 radical (unpaired) electrons. The molecule has 0 aliphatic heterocycles. The van der Waals surface area contributed by atoms with Crippen LogP contribution in [0.3, 0.4) is 0 Å². The molecule has 0 saturated heterocycles. The summed E-state index contributed by atoms with van der Waals surface area (Å²) in [7, 11) is 0. The smallest absolute Gasteiger partial charge is 0.0390 e. The Kier molecular flexibility index (Phi) is 3.97. The van der Waals surface area contributed by atoms with Gasteiger partial charge < -0.3 is 5.32 Å². The van der Waals surface area contributed by atoms with Gasteiger partial charge in [-0.05, 0) is 104 Å². The van der Waals surface area contributed by atoms with Crippen LogP contribution in [0, 0.1) is 13.8 Å². The summed E-state index contributed by atoms with van der Waals surface area (Å²) in [5, 5.41) is 14.0. The Morgan fingerprint density at radius 2 is 0.935 bits per heavy atom. The normalized spacial score (nSPS) is 11.5. The van der Waals surface area contributed by atoms with Gasteiger partial charge in [0, 0.05) is 11.4 Å². The van der Waals surface area contributed by atoms with Crippen LogP contribution in [0.2, 0.25) is 0 Å². The van der Waals surface area contributed by atoms with E-state index in [1.807, 2.05) is 0 Å². The van der Waals surface area contributed by atoms with E-state index in [0.29, 0.717) is 0 Å². The van der Waals surface area contributed by atoms with E-state index in [9.17, 15) is 0 Å². The summed E-state index contributed by atoms with van der Waals surface area (Å²) < 4.78 is 0. The minimum atomic E-state index is 1.11. The Morgan fingerprint density at radius 3 is 1.68 bits per heavy atom. The molecule has 0 spiro atoms. The third-order valence-electron chi connectivity index (χ3n) is 6.56. The molecule has 0 aliphatic rings. The largest absolute Gasteiger partial charge is 0.355 e. The highest BCUT2D eigenvalue weighted by Crippen LogP contribution is 2.34. The van der Waals surface area contributed by atoms with Crippen LogP contribution in [0.15, 0.2) is 97.1 Å². The van der Waals surface area contributed by atoms with E-state index < -0.39 is 0 Å².